The first kappa shape index (κ1) is 16.4. The second-order valence-corrected chi connectivity index (χ2v) is 6.94. The number of aryl methyl sites for hydroxylation is 1. The van der Waals surface area contributed by atoms with Crippen LogP contribution in [0.4, 0.5) is 4.39 Å². The Morgan fingerprint density at radius 3 is 2.72 bits per heavy atom. The van der Waals surface area contributed by atoms with Crippen molar-refractivity contribution in [1.82, 2.24) is 9.47 Å². The fourth-order valence-electron chi connectivity index (χ4n) is 3.73. The van der Waals surface area contributed by atoms with Crippen LogP contribution in [0.15, 0.2) is 66.9 Å². The maximum atomic E-state index is 14.6. The predicted octanol–water partition coefficient (Wildman–Crippen LogP) is 5.28. The van der Waals surface area contributed by atoms with E-state index < -0.39 is 0 Å². The van der Waals surface area contributed by atoms with Crippen LogP contribution >= 0.6 is 11.6 Å². The maximum Gasteiger partial charge on any atom is 0.128 e. The molecule has 2 aromatic carbocycles. The Labute approximate surface area is 152 Å². The zero-order valence-electron chi connectivity index (χ0n) is 13.9. The van der Waals surface area contributed by atoms with Gasteiger partial charge in [0.1, 0.15) is 5.82 Å². The van der Waals surface area contributed by atoms with Crippen LogP contribution in [-0.2, 0) is 13.1 Å². The van der Waals surface area contributed by atoms with Crippen LogP contribution in [0.2, 0.25) is 5.02 Å². The first-order chi connectivity index (χ1) is 12.2. The molecule has 0 radical (unpaired) electrons. The van der Waals surface area contributed by atoms with E-state index in [2.05, 4.69) is 27.8 Å². The molecule has 0 aliphatic carbocycles. The van der Waals surface area contributed by atoms with E-state index in [9.17, 15) is 4.39 Å². The van der Waals surface area contributed by atoms with Gasteiger partial charge in [0.15, 0.2) is 0 Å². The highest BCUT2D eigenvalue weighted by Gasteiger charge is 2.29. The molecule has 1 aromatic heterocycles. The molecule has 128 valence electrons. The normalized spacial score (nSPS) is 17.9. The molecule has 0 spiro atoms. The molecule has 4 heteroatoms. The van der Waals surface area contributed by atoms with E-state index in [4.69, 9.17) is 11.6 Å². The summed E-state index contributed by atoms with van der Waals surface area (Å²) in [5.41, 5.74) is 3.02. The summed E-state index contributed by atoms with van der Waals surface area (Å²) in [6.45, 7) is 2.61. The molecule has 1 atom stereocenters. The molecule has 0 saturated carbocycles. The highest BCUT2D eigenvalue weighted by molar-refractivity contribution is 6.30. The number of rotatable bonds is 3. The van der Waals surface area contributed by atoms with Crippen molar-refractivity contribution in [2.45, 2.75) is 25.6 Å². The topological polar surface area (TPSA) is 8.17 Å². The predicted molar refractivity (Wildman–Crippen MR) is 99.2 cm³/mol. The van der Waals surface area contributed by atoms with Gasteiger partial charge in [-0.15, -0.1) is 0 Å². The number of hydrogen-bond acceptors (Lipinski definition) is 1. The lowest BCUT2D eigenvalue weighted by atomic mass is 10.0. The fourth-order valence-corrected chi connectivity index (χ4v) is 3.95. The summed E-state index contributed by atoms with van der Waals surface area (Å²) in [6.07, 6.45) is 3.12. The molecule has 2 heterocycles. The van der Waals surface area contributed by atoms with Gasteiger partial charge in [-0.25, -0.2) is 4.39 Å². The van der Waals surface area contributed by atoms with Crippen molar-refractivity contribution in [3.05, 3.63) is 94.5 Å². The van der Waals surface area contributed by atoms with Gasteiger partial charge in [0.2, 0.25) is 0 Å². The van der Waals surface area contributed by atoms with Gasteiger partial charge >= 0.3 is 0 Å². The molecule has 4 rings (SSSR count). The van der Waals surface area contributed by atoms with Crippen molar-refractivity contribution >= 4 is 11.6 Å². The van der Waals surface area contributed by atoms with Gasteiger partial charge in [-0.2, -0.15) is 0 Å². The van der Waals surface area contributed by atoms with E-state index in [1.54, 1.807) is 12.1 Å². The van der Waals surface area contributed by atoms with Gasteiger partial charge in [0.05, 0.1) is 6.04 Å². The molecular formula is C21H20ClFN2. The second-order valence-electron chi connectivity index (χ2n) is 6.50. The fraction of sp³-hybridized carbons (Fsp3) is 0.238. The van der Waals surface area contributed by atoms with Crippen molar-refractivity contribution < 1.29 is 4.39 Å². The van der Waals surface area contributed by atoms with Crippen molar-refractivity contribution in [3.8, 4) is 0 Å². The van der Waals surface area contributed by atoms with Crippen LogP contribution in [0, 0.1) is 5.82 Å². The Hall–Kier alpha value is -2.10. The lowest BCUT2D eigenvalue weighted by molar-refractivity contribution is 0.216. The summed E-state index contributed by atoms with van der Waals surface area (Å²) in [5.74, 6) is -0.154. The largest absolute Gasteiger partial charge is 0.350 e. The summed E-state index contributed by atoms with van der Waals surface area (Å²) in [7, 11) is 0. The van der Waals surface area contributed by atoms with E-state index in [0.29, 0.717) is 0 Å². The van der Waals surface area contributed by atoms with E-state index in [1.165, 1.54) is 0 Å². The SMILES string of the molecule is Fc1ccccc1C1c2cccn2CCCN1Cc1cccc(Cl)c1. The minimum Gasteiger partial charge on any atom is -0.350 e. The summed E-state index contributed by atoms with van der Waals surface area (Å²) < 4.78 is 16.9. The van der Waals surface area contributed by atoms with Crippen LogP contribution in [0.5, 0.6) is 0 Å². The summed E-state index contributed by atoms with van der Waals surface area (Å²) in [4.78, 5) is 2.35. The standard InChI is InChI=1S/C21H20ClFN2/c22-17-7-3-6-16(14-17)15-25-13-5-12-24-11-4-10-20(24)21(25)18-8-1-2-9-19(18)23/h1-4,6-11,14,21H,5,12-13,15H2. The van der Waals surface area contributed by atoms with E-state index in [-0.39, 0.29) is 11.9 Å². The van der Waals surface area contributed by atoms with Crippen LogP contribution in [0.25, 0.3) is 0 Å². The van der Waals surface area contributed by atoms with Gasteiger partial charge < -0.3 is 4.57 Å². The molecule has 0 N–H and O–H groups in total. The van der Waals surface area contributed by atoms with E-state index in [0.717, 1.165) is 47.9 Å². The number of halogens is 2. The Morgan fingerprint density at radius 1 is 1.00 bits per heavy atom. The molecular weight excluding hydrogens is 335 g/mol. The van der Waals surface area contributed by atoms with E-state index >= 15 is 0 Å². The van der Waals surface area contributed by atoms with Gasteiger partial charge in [-0.1, -0.05) is 41.9 Å². The van der Waals surface area contributed by atoms with Crippen LogP contribution in [-0.4, -0.2) is 16.0 Å². The molecule has 3 aromatic rings. The average molecular weight is 355 g/mol. The van der Waals surface area contributed by atoms with Crippen LogP contribution < -0.4 is 0 Å². The number of benzene rings is 2. The van der Waals surface area contributed by atoms with Gasteiger partial charge in [0, 0.05) is 42.1 Å². The molecule has 0 fully saturated rings. The smallest absolute Gasteiger partial charge is 0.128 e. The molecule has 1 aliphatic heterocycles. The zero-order valence-corrected chi connectivity index (χ0v) is 14.7. The van der Waals surface area contributed by atoms with Crippen LogP contribution in [0.1, 0.15) is 29.3 Å². The molecule has 1 unspecified atom stereocenters. The zero-order chi connectivity index (χ0) is 17.2. The monoisotopic (exact) mass is 354 g/mol. The Balaban J connectivity index is 1.77. The molecule has 0 saturated heterocycles. The second kappa shape index (κ2) is 7.03. The Bertz CT molecular complexity index is 874. The first-order valence-corrected chi connectivity index (χ1v) is 8.98. The third kappa shape index (κ3) is 3.35. The average Bonchev–Trinajstić information content (AvgIpc) is 2.98. The van der Waals surface area contributed by atoms with Gasteiger partial charge in [-0.05, 0) is 42.3 Å². The highest BCUT2D eigenvalue weighted by Crippen LogP contribution is 2.34. The Morgan fingerprint density at radius 2 is 1.88 bits per heavy atom. The summed E-state index contributed by atoms with van der Waals surface area (Å²) in [5, 5.41) is 0.734. The number of nitrogens with zero attached hydrogens (tertiary/aromatic N) is 2. The summed E-state index contributed by atoms with van der Waals surface area (Å²) >= 11 is 6.15. The molecule has 1 aliphatic rings. The van der Waals surface area contributed by atoms with Crippen LogP contribution in [0.3, 0.4) is 0 Å². The molecule has 2 nitrogen and oxygen atoms in total. The van der Waals surface area contributed by atoms with Crippen molar-refractivity contribution in [2.24, 2.45) is 0 Å². The van der Waals surface area contributed by atoms with E-state index in [1.807, 2.05) is 36.4 Å². The van der Waals surface area contributed by atoms with Crippen molar-refractivity contribution in [2.75, 3.05) is 6.54 Å². The minimum atomic E-state index is -0.154. The first-order valence-electron chi connectivity index (χ1n) is 8.60. The molecule has 25 heavy (non-hydrogen) atoms. The number of fused-ring (bicyclic) bond motifs is 1. The molecule has 0 amide bonds. The highest BCUT2D eigenvalue weighted by atomic mass is 35.5. The number of aromatic nitrogens is 1. The van der Waals surface area contributed by atoms with Gasteiger partial charge in [0.25, 0.3) is 0 Å². The quantitative estimate of drug-likeness (QED) is 0.621. The third-order valence-corrected chi connectivity index (χ3v) is 5.06. The summed E-state index contributed by atoms with van der Waals surface area (Å²) in [6, 6.07) is 19.1. The lowest BCUT2D eigenvalue weighted by Gasteiger charge is -2.31. The lowest BCUT2D eigenvalue weighted by Crippen LogP contribution is -2.30. The van der Waals surface area contributed by atoms with Crippen molar-refractivity contribution in [3.63, 3.8) is 0 Å². The van der Waals surface area contributed by atoms with Crippen molar-refractivity contribution in [1.29, 1.82) is 0 Å². The van der Waals surface area contributed by atoms with Gasteiger partial charge in [-0.3, -0.25) is 4.90 Å². The minimum absolute atomic E-state index is 0.0994. The molecule has 0 bridgehead atoms. The maximum absolute atomic E-state index is 14.6. The Kier molecular flexibility index (Phi) is 4.60. The third-order valence-electron chi connectivity index (χ3n) is 4.83. The number of hydrogen-bond donors (Lipinski definition) is 0.